The summed E-state index contributed by atoms with van der Waals surface area (Å²) in [5.74, 6) is 1.73. The first-order chi connectivity index (χ1) is 20.2. The van der Waals surface area contributed by atoms with Crippen LogP contribution in [0.15, 0.2) is 125 Å². The number of hydrogen-bond donors (Lipinski definition) is 0. The topological polar surface area (TPSA) is 129 Å². The molecular formula is C31H22N8O2V. The van der Waals surface area contributed by atoms with Crippen LogP contribution in [0.2, 0.25) is 0 Å². The number of pyridine rings is 4. The minimum Gasteiger partial charge on any atom is -0.421 e. The van der Waals surface area contributed by atoms with E-state index in [2.05, 4.69) is 40.3 Å². The molecule has 6 aromatic heterocycles. The molecule has 0 bridgehead atoms. The quantitative estimate of drug-likeness (QED) is 0.224. The van der Waals surface area contributed by atoms with Crippen LogP contribution < -0.4 is 0 Å². The van der Waals surface area contributed by atoms with Crippen molar-refractivity contribution >= 4 is 0 Å². The molecule has 0 aliphatic carbocycles. The van der Waals surface area contributed by atoms with Crippen LogP contribution in [0.1, 0.15) is 5.89 Å². The molecule has 6 heterocycles. The summed E-state index contributed by atoms with van der Waals surface area (Å²) in [6.07, 6.45) is 6.96. The zero-order valence-corrected chi connectivity index (χ0v) is 23.7. The normalized spacial score (nSPS) is 10.3. The Balaban J connectivity index is 0.000000228. The smallest absolute Gasteiger partial charge is 0.249 e. The number of nitrogens with zero attached hydrogens (tertiary/aromatic N) is 8. The maximum absolute atomic E-state index is 5.85. The van der Waals surface area contributed by atoms with Crippen molar-refractivity contribution in [3.63, 3.8) is 0 Å². The summed E-state index contributed by atoms with van der Waals surface area (Å²) >= 11 is 0. The van der Waals surface area contributed by atoms with Gasteiger partial charge in [0.2, 0.25) is 23.6 Å². The summed E-state index contributed by atoms with van der Waals surface area (Å²) in [5.41, 5.74) is 5.68. The first kappa shape index (κ1) is 28.2. The molecule has 0 saturated carbocycles. The minimum absolute atomic E-state index is 0. The Labute approximate surface area is 252 Å². The van der Waals surface area contributed by atoms with Crippen molar-refractivity contribution in [2.24, 2.45) is 0 Å². The minimum atomic E-state index is 0. The second-order valence-corrected chi connectivity index (χ2v) is 8.70. The number of aromatic nitrogens is 8. The number of aryl methyl sites for hydroxylation is 1. The predicted molar refractivity (Wildman–Crippen MR) is 152 cm³/mol. The molecule has 0 N–H and O–H groups in total. The Hall–Kier alpha value is -5.32. The molecule has 7 rings (SSSR count). The molecule has 10 nitrogen and oxygen atoms in total. The van der Waals surface area contributed by atoms with E-state index in [1.54, 1.807) is 31.7 Å². The zero-order chi connectivity index (χ0) is 27.9. The van der Waals surface area contributed by atoms with Gasteiger partial charge in [0, 0.05) is 61.4 Å². The molecule has 0 aliphatic heterocycles. The fourth-order valence-corrected chi connectivity index (χ4v) is 3.87. The third-order valence-electron chi connectivity index (χ3n) is 5.84. The Morgan fingerprint density at radius 3 is 1.40 bits per heavy atom. The van der Waals surface area contributed by atoms with Crippen LogP contribution in [-0.4, -0.2) is 40.3 Å². The van der Waals surface area contributed by atoms with Gasteiger partial charge in [-0.15, -0.1) is 20.4 Å². The van der Waals surface area contributed by atoms with Crippen molar-refractivity contribution in [2.75, 3.05) is 0 Å². The van der Waals surface area contributed by atoms with E-state index in [1.165, 1.54) is 0 Å². The van der Waals surface area contributed by atoms with Crippen LogP contribution in [0.25, 0.3) is 57.1 Å². The van der Waals surface area contributed by atoms with E-state index in [4.69, 9.17) is 8.83 Å². The van der Waals surface area contributed by atoms with Gasteiger partial charge in [0.15, 0.2) is 0 Å². The van der Waals surface area contributed by atoms with Crippen molar-refractivity contribution in [2.45, 2.75) is 6.92 Å². The molecule has 42 heavy (non-hydrogen) atoms. The molecule has 203 valence electrons. The van der Waals surface area contributed by atoms with Gasteiger partial charge < -0.3 is 8.83 Å². The van der Waals surface area contributed by atoms with E-state index in [0.29, 0.717) is 23.6 Å². The zero-order valence-electron chi connectivity index (χ0n) is 22.3. The number of rotatable bonds is 5. The largest absolute Gasteiger partial charge is 0.421 e. The van der Waals surface area contributed by atoms with Crippen molar-refractivity contribution in [1.82, 2.24) is 40.3 Å². The van der Waals surface area contributed by atoms with Gasteiger partial charge in [0.1, 0.15) is 0 Å². The van der Waals surface area contributed by atoms with Gasteiger partial charge in [-0.2, -0.15) is 0 Å². The first-order valence-electron chi connectivity index (χ1n) is 12.7. The van der Waals surface area contributed by atoms with Gasteiger partial charge >= 0.3 is 0 Å². The molecule has 7 aromatic rings. The summed E-state index contributed by atoms with van der Waals surface area (Å²) in [6, 6.07) is 28.6. The summed E-state index contributed by atoms with van der Waals surface area (Å²) in [5, 5.41) is 16.2. The van der Waals surface area contributed by atoms with Gasteiger partial charge in [0.25, 0.3) is 0 Å². The average Bonchev–Trinajstić information content (AvgIpc) is 3.73. The van der Waals surface area contributed by atoms with Gasteiger partial charge in [-0.3, -0.25) is 19.9 Å². The molecular weight excluding hydrogens is 567 g/mol. The average molecular weight is 590 g/mol. The van der Waals surface area contributed by atoms with E-state index >= 15 is 0 Å². The number of hydrogen-bond acceptors (Lipinski definition) is 10. The van der Waals surface area contributed by atoms with Crippen LogP contribution in [0, 0.1) is 6.92 Å². The van der Waals surface area contributed by atoms with Crippen molar-refractivity contribution in [3.8, 4) is 57.1 Å². The Morgan fingerprint density at radius 2 is 0.952 bits per heavy atom. The van der Waals surface area contributed by atoms with Gasteiger partial charge in [-0.25, -0.2) is 0 Å². The second-order valence-electron chi connectivity index (χ2n) is 8.70. The van der Waals surface area contributed by atoms with Crippen molar-refractivity contribution in [1.29, 1.82) is 0 Å². The monoisotopic (exact) mass is 589 g/mol. The molecule has 0 fully saturated rings. The molecule has 0 spiro atoms. The second kappa shape index (κ2) is 13.4. The van der Waals surface area contributed by atoms with E-state index in [1.807, 2.05) is 91.0 Å². The van der Waals surface area contributed by atoms with Crippen LogP contribution in [0.3, 0.4) is 0 Å². The van der Waals surface area contributed by atoms with E-state index in [9.17, 15) is 0 Å². The molecule has 0 atom stereocenters. The third kappa shape index (κ3) is 6.69. The molecule has 0 aliphatic rings. The Bertz CT molecular complexity index is 1810. The van der Waals surface area contributed by atoms with E-state index in [0.717, 1.165) is 39.5 Å². The van der Waals surface area contributed by atoms with Crippen molar-refractivity contribution in [3.05, 3.63) is 122 Å². The molecule has 1 aromatic carbocycles. The maximum Gasteiger partial charge on any atom is 0.249 e. The van der Waals surface area contributed by atoms with E-state index in [-0.39, 0.29) is 18.6 Å². The predicted octanol–water partition coefficient (Wildman–Crippen LogP) is 6.36. The summed E-state index contributed by atoms with van der Waals surface area (Å²) in [4.78, 5) is 17.1. The molecule has 0 saturated heterocycles. The van der Waals surface area contributed by atoms with E-state index < -0.39 is 0 Å². The molecule has 0 unspecified atom stereocenters. The Kier molecular flexibility index (Phi) is 8.98. The fourth-order valence-electron chi connectivity index (χ4n) is 3.87. The summed E-state index contributed by atoms with van der Waals surface area (Å²) < 4.78 is 11.3. The van der Waals surface area contributed by atoms with Crippen LogP contribution in [-0.2, 0) is 18.6 Å². The van der Waals surface area contributed by atoms with Gasteiger partial charge in [0.05, 0.1) is 28.3 Å². The maximum atomic E-state index is 5.85. The summed E-state index contributed by atoms with van der Waals surface area (Å²) in [7, 11) is 0. The van der Waals surface area contributed by atoms with Crippen LogP contribution in [0.5, 0.6) is 0 Å². The first-order valence-corrected chi connectivity index (χ1v) is 12.7. The third-order valence-corrected chi connectivity index (χ3v) is 5.84. The SMILES string of the molecule is Cc1nnc(-c2cccc(-c3nnc(-c4ccc(-c5ccccn5)nc4)o3)c2)o1.[V].c1ccc(-c2ccccn2)nc1. The summed E-state index contributed by atoms with van der Waals surface area (Å²) in [6.45, 7) is 1.75. The van der Waals surface area contributed by atoms with Crippen LogP contribution in [0.4, 0.5) is 0 Å². The van der Waals surface area contributed by atoms with Gasteiger partial charge in [-0.1, -0.05) is 24.3 Å². The molecule has 1 radical (unpaired) electrons. The van der Waals surface area contributed by atoms with Crippen LogP contribution >= 0.6 is 0 Å². The fraction of sp³-hybridized carbons (Fsp3) is 0.0323. The van der Waals surface area contributed by atoms with Gasteiger partial charge in [-0.05, 0) is 66.7 Å². The molecule has 11 heteroatoms. The number of benzene rings is 1. The molecule has 0 amide bonds. The van der Waals surface area contributed by atoms with Crippen molar-refractivity contribution < 1.29 is 27.4 Å². The standard InChI is InChI=1S/C21H14N6O2.C10H8N2.V/c1-13-24-25-19(28-13)14-5-4-6-15(11-14)20-26-27-21(29-20)16-8-9-18(23-12-16)17-7-2-3-10-22-17;1-3-7-11-9(5-1)10-6-2-4-8-12-10;/h2-12H,1H3;1-8H;. The Morgan fingerprint density at radius 1 is 0.452 bits per heavy atom.